The molecule has 1 atom stereocenters. The van der Waals surface area contributed by atoms with Gasteiger partial charge in [-0.15, -0.1) is 0 Å². The number of morpholine rings is 1. The number of rotatable bonds is 6. The van der Waals surface area contributed by atoms with Crippen LogP contribution in [0.5, 0.6) is 5.75 Å². The van der Waals surface area contributed by atoms with Gasteiger partial charge in [0.05, 0.1) is 19.3 Å². The quantitative estimate of drug-likeness (QED) is 0.862. The molecule has 2 aromatic carbocycles. The first-order valence-electron chi connectivity index (χ1n) is 9.14. The summed E-state index contributed by atoms with van der Waals surface area (Å²) >= 11 is 0. The van der Waals surface area contributed by atoms with Crippen LogP contribution in [0.4, 0.5) is 4.79 Å². The van der Waals surface area contributed by atoms with Crippen LogP contribution < -0.4 is 10.1 Å². The van der Waals surface area contributed by atoms with E-state index in [1.165, 1.54) is 0 Å². The average Bonchev–Trinajstić information content (AvgIpc) is 2.71. The van der Waals surface area contributed by atoms with E-state index >= 15 is 0 Å². The predicted octanol–water partition coefficient (Wildman–Crippen LogP) is 3.59. The lowest BCUT2D eigenvalue weighted by molar-refractivity contribution is 0.0112. The van der Waals surface area contributed by atoms with Crippen LogP contribution in [-0.2, 0) is 17.9 Å². The van der Waals surface area contributed by atoms with E-state index in [1.54, 1.807) is 0 Å². The molecule has 2 amide bonds. The molecule has 0 aliphatic carbocycles. The Morgan fingerprint density at radius 2 is 2.00 bits per heavy atom. The number of ether oxygens (including phenoxy) is 2. The van der Waals surface area contributed by atoms with Gasteiger partial charge in [0.15, 0.2) is 0 Å². The van der Waals surface area contributed by atoms with Gasteiger partial charge < -0.3 is 19.7 Å². The van der Waals surface area contributed by atoms with Crippen LogP contribution in [0, 0.1) is 0 Å². The number of nitrogens with zero attached hydrogens (tertiary/aromatic N) is 1. The van der Waals surface area contributed by atoms with Gasteiger partial charge in [0, 0.05) is 13.1 Å². The van der Waals surface area contributed by atoms with Gasteiger partial charge in [-0.3, -0.25) is 0 Å². The fourth-order valence-corrected chi connectivity index (χ4v) is 3.03. The minimum atomic E-state index is -0.0317. The van der Waals surface area contributed by atoms with E-state index in [2.05, 4.69) is 12.2 Å². The lowest BCUT2D eigenvalue weighted by atomic mass is 10.2. The molecule has 0 saturated carbocycles. The summed E-state index contributed by atoms with van der Waals surface area (Å²) in [6.07, 6.45) is 0.899. The lowest BCUT2D eigenvalue weighted by Gasteiger charge is -2.35. The van der Waals surface area contributed by atoms with Crippen LogP contribution in [0.3, 0.4) is 0 Å². The van der Waals surface area contributed by atoms with Crippen molar-refractivity contribution in [2.24, 2.45) is 0 Å². The Bertz CT molecular complexity index is 705. The Morgan fingerprint density at radius 1 is 1.19 bits per heavy atom. The number of carbonyl (C=O) groups excluding carboxylic acids is 1. The molecule has 1 fully saturated rings. The van der Waals surface area contributed by atoms with Gasteiger partial charge in [-0.05, 0) is 29.7 Å². The van der Waals surface area contributed by atoms with E-state index < -0.39 is 0 Å². The van der Waals surface area contributed by atoms with Crippen molar-refractivity contribution >= 4 is 6.03 Å². The number of hydrogen-bond acceptors (Lipinski definition) is 3. The fourth-order valence-electron chi connectivity index (χ4n) is 3.03. The molecule has 1 N–H and O–H groups in total. The summed E-state index contributed by atoms with van der Waals surface area (Å²) in [7, 11) is 0. The van der Waals surface area contributed by atoms with E-state index in [-0.39, 0.29) is 12.1 Å². The first-order chi connectivity index (χ1) is 12.8. The Kier molecular flexibility index (Phi) is 6.50. The van der Waals surface area contributed by atoms with Crippen LogP contribution in [0.25, 0.3) is 0 Å². The predicted molar refractivity (Wildman–Crippen MR) is 101 cm³/mol. The van der Waals surface area contributed by atoms with Crippen molar-refractivity contribution in [3.05, 3.63) is 65.7 Å². The van der Waals surface area contributed by atoms with E-state index in [9.17, 15) is 4.79 Å². The topological polar surface area (TPSA) is 50.8 Å². The molecule has 138 valence electrons. The highest BCUT2D eigenvalue weighted by Crippen LogP contribution is 2.16. The summed E-state index contributed by atoms with van der Waals surface area (Å²) in [5.74, 6) is 0.804. The molecule has 0 spiro atoms. The van der Waals surface area contributed by atoms with Gasteiger partial charge in [0.1, 0.15) is 12.4 Å². The van der Waals surface area contributed by atoms with E-state index in [0.717, 1.165) is 23.3 Å². The monoisotopic (exact) mass is 354 g/mol. The molecule has 1 saturated heterocycles. The van der Waals surface area contributed by atoms with Crippen molar-refractivity contribution in [1.29, 1.82) is 0 Å². The average molecular weight is 354 g/mol. The van der Waals surface area contributed by atoms with Gasteiger partial charge >= 0.3 is 6.03 Å². The zero-order chi connectivity index (χ0) is 18.2. The van der Waals surface area contributed by atoms with Crippen LogP contribution in [0.15, 0.2) is 54.6 Å². The van der Waals surface area contributed by atoms with E-state index in [0.29, 0.717) is 32.9 Å². The lowest BCUT2D eigenvalue weighted by Crippen LogP contribution is -2.52. The Labute approximate surface area is 154 Å². The van der Waals surface area contributed by atoms with Gasteiger partial charge in [-0.2, -0.15) is 0 Å². The Morgan fingerprint density at radius 3 is 2.81 bits per heavy atom. The molecule has 0 unspecified atom stereocenters. The largest absolute Gasteiger partial charge is 0.489 e. The van der Waals surface area contributed by atoms with Crippen LogP contribution in [0.1, 0.15) is 24.5 Å². The van der Waals surface area contributed by atoms with Crippen LogP contribution >= 0.6 is 0 Å². The number of amides is 2. The summed E-state index contributed by atoms with van der Waals surface area (Å²) in [6.45, 7) is 4.95. The second-order valence-corrected chi connectivity index (χ2v) is 6.41. The fraction of sp³-hybridized carbons (Fsp3) is 0.381. The van der Waals surface area contributed by atoms with Gasteiger partial charge in [-0.1, -0.05) is 49.4 Å². The third-order valence-corrected chi connectivity index (χ3v) is 4.55. The standard InChI is InChI=1S/C21H26N2O3/c1-2-19-16-25-12-11-23(19)21(24)22-14-18-9-6-10-20(13-18)26-15-17-7-4-3-5-8-17/h3-10,13,19H,2,11-12,14-16H2,1H3,(H,22,24)/t19-/m0/s1. The van der Waals surface area contributed by atoms with Crippen molar-refractivity contribution in [3.8, 4) is 5.75 Å². The molecule has 1 heterocycles. The molecule has 5 nitrogen and oxygen atoms in total. The first-order valence-corrected chi connectivity index (χ1v) is 9.14. The molecule has 0 aromatic heterocycles. The highest BCUT2D eigenvalue weighted by molar-refractivity contribution is 5.74. The second-order valence-electron chi connectivity index (χ2n) is 6.41. The van der Waals surface area contributed by atoms with Crippen molar-refractivity contribution in [3.63, 3.8) is 0 Å². The summed E-state index contributed by atoms with van der Waals surface area (Å²) in [5, 5.41) is 3.01. The van der Waals surface area contributed by atoms with Gasteiger partial charge in [-0.25, -0.2) is 4.79 Å². The summed E-state index contributed by atoms with van der Waals surface area (Å²) in [5.41, 5.74) is 2.15. The number of benzene rings is 2. The zero-order valence-corrected chi connectivity index (χ0v) is 15.2. The van der Waals surface area contributed by atoms with Crippen molar-refractivity contribution < 1.29 is 14.3 Å². The number of nitrogens with one attached hydrogen (secondary N) is 1. The number of hydrogen-bond donors (Lipinski definition) is 1. The van der Waals surface area contributed by atoms with Crippen LogP contribution in [-0.4, -0.2) is 36.7 Å². The summed E-state index contributed by atoms with van der Waals surface area (Å²) in [4.78, 5) is 14.3. The third-order valence-electron chi connectivity index (χ3n) is 4.55. The molecule has 3 rings (SSSR count). The summed E-state index contributed by atoms with van der Waals surface area (Å²) in [6, 6.07) is 18.0. The van der Waals surface area contributed by atoms with Crippen molar-refractivity contribution in [2.75, 3.05) is 19.8 Å². The maximum absolute atomic E-state index is 12.5. The van der Waals surface area contributed by atoms with E-state index in [1.807, 2.05) is 59.5 Å². The van der Waals surface area contributed by atoms with Crippen molar-refractivity contribution in [1.82, 2.24) is 10.2 Å². The smallest absolute Gasteiger partial charge is 0.318 e. The number of carbonyl (C=O) groups is 1. The number of urea groups is 1. The Hall–Kier alpha value is -2.53. The maximum Gasteiger partial charge on any atom is 0.318 e. The van der Waals surface area contributed by atoms with Gasteiger partial charge in [0.2, 0.25) is 0 Å². The molecule has 1 aliphatic rings. The van der Waals surface area contributed by atoms with E-state index in [4.69, 9.17) is 9.47 Å². The minimum Gasteiger partial charge on any atom is -0.489 e. The second kappa shape index (κ2) is 9.25. The molecular formula is C21H26N2O3. The highest BCUT2D eigenvalue weighted by atomic mass is 16.5. The maximum atomic E-state index is 12.5. The third kappa shape index (κ3) is 4.99. The SMILES string of the molecule is CC[C@H]1COCCN1C(=O)NCc1cccc(OCc2ccccc2)c1. The molecule has 2 aromatic rings. The molecule has 26 heavy (non-hydrogen) atoms. The molecule has 5 heteroatoms. The normalized spacial score (nSPS) is 17.0. The zero-order valence-electron chi connectivity index (χ0n) is 15.2. The summed E-state index contributed by atoms with van der Waals surface area (Å²) < 4.78 is 11.3. The van der Waals surface area contributed by atoms with Crippen LogP contribution in [0.2, 0.25) is 0 Å². The van der Waals surface area contributed by atoms with Gasteiger partial charge in [0.25, 0.3) is 0 Å². The first kappa shape index (κ1) is 18.3. The molecule has 0 radical (unpaired) electrons. The van der Waals surface area contributed by atoms with Crippen molar-refractivity contribution in [2.45, 2.75) is 32.5 Å². The molecule has 1 aliphatic heterocycles. The molecular weight excluding hydrogens is 328 g/mol. The highest BCUT2D eigenvalue weighted by Gasteiger charge is 2.25. The molecule has 0 bridgehead atoms. The minimum absolute atomic E-state index is 0.0317. The Balaban J connectivity index is 1.52.